The Bertz CT molecular complexity index is 924. The van der Waals surface area contributed by atoms with Crippen molar-refractivity contribution in [2.45, 2.75) is 31.1 Å². The maximum atomic E-state index is 12.2. The van der Waals surface area contributed by atoms with E-state index in [1.807, 2.05) is 6.92 Å². The second-order valence-corrected chi connectivity index (χ2v) is 7.89. The highest BCUT2D eigenvalue weighted by Crippen LogP contribution is 2.17. The van der Waals surface area contributed by atoms with Crippen LogP contribution in [-0.4, -0.2) is 33.9 Å². The molecule has 0 atom stereocenters. The number of carbonyl (C=O) groups excluding carboxylic acids is 2. The number of nitrogens with one attached hydrogen (secondary N) is 2. The van der Waals surface area contributed by atoms with Gasteiger partial charge in [-0.1, -0.05) is 31.2 Å². The van der Waals surface area contributed by atoms with Crippen molar-refractivity contribution in [3.05, 3.63) is 59.7 Å². The monoisotopic (exact) mass is 404 g/mol. The van der Waals surface area contributed by atoms with E-state index in [4.69, 9.17) is 4.74 Å². The van der Waals surface area contributed by atoms with E-state index in [2.05, 4.69) is 10.0 Å². The number of methoxy groups -OCH3 is 1. The van der Waals surface area contributed by atoms with Crippen LogP contribution in [0.25, 0.3) is 0 Å². The van der Waals surface area contributed by atoms with Gasteiger partial charge in [-0.25, -0.2) is 17.9 Å². The molecule has 7 nitrogen and oxygen atoms in total. The minimum absolute atomic E-state index is 0.190. The van der Waals surface area contributed by atoms with Crippen LogP contribution in [0.5, 0.6) is 0 Å². The zero-order valence-corrected chi connectivity index (χ0v) is 16.7. The summed E-state index contributed by atoms with van der Waals surface area (Å²) in [6.07, 6.45) is 1.34. The molecular weight excluding hydrogens is 380 g/mol. The Hall–Kier alpha value is -2.71. The largest absolute Gasteiger partial charge is 0.465 e. The van der Waals surface area contributed by atoms with Crippen molar-refractivity contribution >= 4 is 27.6 Å². The summed E-state index contributed by atoms with van der Waals surface area (Å²) in [6, 6.07) is 13.0. The number of sulfonamides is 1. The van der Waals surface area contributed by atoms with Crippen molar-refractivity contribution < 1.29 is 22.7 Å². The van der Waals surface area contributed by atoms with E-state index in [9.17, 15) is 18.0 Å². The van der Waals surface area contributed by atoms with Gasteiger partial charge in [-0.3, -0.25) is 4.79 Å². The van der Waals surface area contributed by atoms with Crippen molar-refractivity contribution in [3.63, 3.8) is 0 Å². The lowest BCUT2D eigenvalue weighted by molar-refractivity contribution is -0.116. The first kappa shape index (κ1) is 21.6. The summed E-state index contributed by atoms with van der Waals surface area (Å²) < 4.78 is 31.4. The number of hydrogen-bond donors (Lipinski definition) is 2. The molecule has 0 spiro atoms. The lowest BCUT2D eigenvalue weighted by atomic mass is 10.1. The molecule has 0 saturated carbocycles. The Morgan fingerprint density at radius 3 is 2.36 bits per heavy atom. The Balaban J connectivity index is 1.96. The highest BCUT2D eigenvalue weighted by Gasteiger charge is 2.14. The number of amides is 1. The molecule has 1 amide bonds. The number of rotatable bonds is 9. The molecule has 0 heterocycles. The summed E-state index contributed by atoms with van der Waals surface area (Å²) in [6.45, 7) is 2.28. The Morgan fingerprint density at radius 1 is 1.04 bits per heavy atom. The summed E-state index contributed by atoms with van der Waals surface area (Å²) in [5.74, 6) is -0.776. The molecule has 0 aliphatic heterocycles. The van der Waals surface area contributed by atoms with Gasteiger partial charge >= 0.3 is 5.97 Å². The number of esters is 1. The van der Waals surface area contributed by atoms with Crippen LogP contribution in [0.4, 0.5) is 5.69 Å². The van der Waals surface area contributed by atoms with Gasteiger partial charge in [0.05, 0.1) is 23.3 Å². The highest BCUT2D eigenvalue weighted by molar-refractivity contribution is 7.89. The quantitative estimate of drug-likeness (QED) is 0.626. The molecule has 2 aromatic rings. The molecule has 0 radical (unpaired) electrons. The van der Waals surface area contributed by atoms with E-state index >= 15 is 0 Å². The van der Waals surface area contributed by atoms with Gasteiger partial charge < -0.3 is 10.1 Å². The van der Waals surface area contributed by atoms with Crippen LogP contribution in [0.2, 0.25) is 0 Å². The minimum Gasteiger partial charge on any atom is -0.465 e. The molecule has 0 bridgehead atoms. The minimum atomic E-state index is -3.50. The molecule has 8 heteroatoms. The van der Waals surface area contributed by atoms with Gasteiger partial charge in [-0.15, -0.1) is 0 Å². The molecule has 0 aliphatic carbocycles. The number of para-hydroxylation sites is 1. The fourth-order valence-corrected chi connectivity index (χ4v) is 3.64. The average molecular weight is 404 g/mol. The van der Waals surface area contributed by atoms with Gasteiger partial charge in [-0.05, 0) is 42.7 Å². The van der Waals surface area contributed by atoms with Crippen molar-refractivity contribution in [1.82, 2.24) is 4.72 Å². The fourth-order valence-electron chi connectivity index (χ4n) is 2.51. The first-order chi connectivity index (χ1) is 13.4. The first-order valence-electron chi connectivity index (χ1n) is 8.93. The van der Waals surface area contributed by atoms with Crippen LogP contribution >= 0.6 is 0 Å². The lowest BCUT2D eigenvalue weighted by Crippen LogP contribution is -2.24. The van der Waals surface area contributed by atoms with Gasteiger partial charge in [0.1, 0.15) is 0 Å². The zero-order chi connectivity index (χ0) is 20.6. The summed E-state index contributed by atoms with van der Waals surface area (Å²) in [5, 5.41) is 2.71. The molecule has 2 rings (SSSR count). The van der Waals surface area contributed by atoms with Crippen LogP contribution in [0.3, 0.4) is 0 Å². The SMILES string of the molecule is CCCNS(=O)(=O)c1ccc(CCC(=O)Nc2ccccc2C(=O)OC)cc1. The Kier molecular flexibility index (Phi) is 7.71. The number of ether oxygens (including phenoxy) is 1. The second-order valence-electron chi connectivity index (χ2n) is 6.13. The second kappa shape index (κ2) is 10.0. The Morgan fingerprint density at radius 2 is 1.71 bits per heavy atom. The van der Waals surface area contributed by atoms with Crippen LogP contribution in [0, 0.1) is 0 Å². The molecular formula is C20H24N2O5S. The zero-order valence-electron chi connectivity index (χ0n) is 15.9. The van der Waals surface area contributed by atoms with Crippen LogP contribution in [0.1, 0.15) is 35.7 Å². The van der Waals surface area contributed by atoms with Crippen molar-refractivity contribution in [1.29, 1.82) is 0 Å². The third-order valence-corrected chi connectivity index (χ3v) is 5.50. The van der Waals surface area contributed by atoms with Gasteiger partial charge in [0.15, 0.2) is 0 Å². The van der Waals surface area contributed by atoms with Crippen molar-refractivity contribution in [2.75, 3.05) is 19.0 Å². The third-order valence-electron chi connectivity index (χ3n) is 4.02. The third kappa shape index (κ3) is 5.90. The highest BCUT2D eigenvalue weighted by atomic mass is 32.2. The van der Waals surface area contributed by atoms with Crippen LogP contribution < -0.4 is 10.0 Å². The van der Waals surface area contributed by atoms with Gasteiger partial charge in [0, 0.05) is 13.0 Å². The van der Waals surface area contributed by atoms with E-state index in [1.165, 1.54) is 19.2 Å². The summed E-state index contributed by atoms with van der Waals surface area (Å²) in [4.78, 5) is 24.2. The standard InChI is InChI=1S/C20H24N2O5S/c1-3-14-21-28(25,26)16-11-8-15(9-12-16)10-13-19(23)22-18-7-5-4-6-17(18)20(24)27-2/h4-9,11-12,21H,3,10,13-14H2,1-2H3,(H,22,23). The van der Waals surface area contributed by atoms with Crippen LogP contribution in [0.15, 0.2) is 53.4 Å². The van der Waals surface area contributed by atoms with E-state index in [0.717, 1.165) is 5.56 Å². The fraction of sp³-hybridized carbons (Fsp3) is 0.300. The number of aryl methyl sites for hydroxylation is 1. The topological polar surface area (TPSA) is 102 Å². The van der Waals surface area contributed by atoms with Crippen molar-refractivity contribution in [2.24, 2.45) is 0 Å². The molecule has 2 aromatic carbocycles. The summed E-state index contributed by atoms with van der Waals surface area (Å²) in [7, 11) is -2.22. The van der Waals surface area contributed by atoms with Crippen molar-refractivity contribution in [3.8, 4) is 0 Å². The molecule has 0 fully saturated rings. The summed E-state index contributed by atoms with van der Waals surface area (Å²) in [5.41, 5.74) is 1.51. The van der Waals surface area contributed by atoms with Gasteiger partial charge in [0.25, 0.3) is 0 Å². The molecule has 0 saturated heterocycles. The van der Waals surface area contributed by atoms with E-state index in [1.54, 1.807) is 36.4 Å². The molecule has 150 valence electrons. The normalized spacial score (nSPS) is 11.1. The first-order valence-corrected chi connectivity index (χ1v) is 10.4. The Labute approximate surface area is 165 Å². The van der Waals surface area contributed by atoms with Crippen LogP contribution in [-0.2, 0) is 26.0 Å². The smallest absolute Gasteiger partial charge is 0.339 e. The van der Waals surface area contributed by atoms with E-state index in [-0.39, 0.29) is 22.8 Å². The lowest BCUT2D eigenvalue weighted by Gasteiger charge is -2.10. The van der Waals surface area contributed by atoms with E-state index < -0.39 is 16.0 Å². The maximum Gasteiger partial charge on any atom is 0.339 e. The van der Waals surface area contributed by atoms with E-state index in [0.29, 0.717) is 25.1 Å². The molecule has 2 N–H and O–H groups in total. The number of carbonyl (C=O) groups is 2. The maximum absolute atomic E-state index is 12.2. The molecule has 28 heavy (non-hydrogen) atoms. The average Bonchev–Trinajstić information content (AvgIpc) is 2.71. The molecule has 0 unspecified atom stereocenters. The van der Waals surface area contributed by atoms with Gasteiger partial charge in [-0.2, -0.15) is 0 Å². The summed E-state index contributed by atoms with van der Waals surface area (Å²) >= 11 is 0. The number of anilines is 1. The number of benzene rings is 2. The molecule has 0 aliphatic rings. The van der Waals surface area contributed by atoms with Gasteiger partial charge in [0.2, 0.25) is 15.9 Å². The number of hydrogen-bond acceptors (Lipinski definition) is 5. The molecule has 0 aromatic heterocycles. The predicted molar refractivity (Wildman–Crippen MR) is 107 cm³/mol. The predicted octanol–water partition coefficient (Wildman–Crippen LogP) is 2.73.